The van der Waals surface area contributed by atoms with Crippen molar-refractivity contribution in [2.24, 2.45) is 0 Å². The predicted octanol–water partition coefficient (Wildman–Crippen LogP) is 5.50. The van der Waals surface area contributed by atoms with Crippen LogP contribution in [0.25, 0.3) is 11.5 Å². The highest BCUT2D eigenvalue weighted by molar-refractivity contribution is 6.31. The lowest BCUT2D eigenvalue weighted by Gasteiger charge is -2.22. The molecule has 31 heavy (non-hydrogen) atoms. The van der Waals surface area contributed by atoms with E-state index in [-0.39, 0.29) is 5.02 Å². The molecule has 6 nitrogen and oxygen atoms in total. The molecule has 8 heteroatoms. The van der Waals surface area contributed by atoms with Gasteiger partial charge in [0.15, 0.2) is 11.5 Å². The number of nitrogens with one attached hydrogen (secondary N) is 1. The largest absolute Gasteiger partial charge is 0.486 e. The van der Waals surface area contributed by atoms with Crippen molar-refractivity contribution >= 4 is 17.3 Å². The molecule has 0 amide bonds. The maximum Gasteiger partial charge on any atom is 0.247 e. The van der Waals surface area contributed by atoms with Gasteiger partial charge in [0, 0.05) is 27.9 Å². The molecule has 3 aromatic carbocycles. The number of benzene rings is 3. The van der Waals surface area contributed by atoms with Crippen molar-refractivity contribution in [1.82, 2.24) is 10.2 Å². The summed E-state index contributed by atoms with van der Waals surface area (Å²) >= 11 is 6.37. The van der Waals surface area contributed by atoms with Gasteiger partial charge in [0.25, 0.3) is 0 Å². The van der Waals surface area contributed by atoms with E-state index in [1.807, 2.05) is 48.5 Å². The first-order valence-electron chi connectivity index (χ1n) is 9.67. The van der Waals surface area contributed by atoms with Crippen LogP contribution in [0.5, 0.6) is 11.5 Å². The maximum atomic E-state index is 13.7. The summed E-state index contributed by atoms with van der Waals surface area (Å²) in [6, 6.07) is 18.5. The smallest absolute Gasteiger partial charge is 0.247 e. The number of fused-ring (bicyclic) bond motifs is 1. The maximum absolute atomic E-state index is 13.7. The van der Waals surface area contributed by atoms with Gasteiger partial charge in [-0.1, -0.05) is 35.9 Å². The van der Waals surface area contributed by atoms with Gasteiger partial charge < -0.3 is 19.2 Å². The Morgan fingerprint density at radius 1 is 0.903 bits per heavy atom. The van der Waals surface area contributed by atoms with E-state index >= 15 is 0 Å². The molecule has 156 valence electrons. The lowest BCUT2D eigenvalue weighted by atomic mass is 10.1. The number of aromatic nitrogens is 2. The molecule has 1 aliphatic heterocycles. The molecule has 1 N–H and O–H groups in total. The fourth-order valence-corrected chi connectivity index (χ4v) is 3.63. The fraction of sp³-hybridized carbons (Fsp3) is 0.130. The standard InChI is InChI=1S/C23H17ClFN3O3/c24-18-12-15(25)6-8-17(18)21(23-28-27-22(31-23)14-4-2-1-3-5-14)26-16-7-9-19-20(13-16)30-11-10-29-19/h1-9,12-13,21,26H,10-11H2/t21-/m1/s1. The quantitative estimate of drug-likeness (QED) is 0.444. The summed E-state index contributed by atoms with van der Waals surface area (Å²) in [5.74, 6) is 1.56. The SMILES string of the molecule is Fc1ccc([C@@H](Nc2ccc3c(c2)OCCO3)c2nnc(-c3ccccc3)o2)c(Cl)c1. The molecule has 1 aliphatic rings. The Hall–Kier alpha value is -3.58. The molecule has 1 atom stereocenters. The fourth-order valence-electron chi connectivity index (χ4n) is 3.36. The Morgan fingerprint density at radius 2 is 1.71 bits per heavy atom. The molecule has 0 unspecified atom stereocenters. The van der Waals surface area contributed by atoms with Crippen LogP contribution in [-0.2, 0) is 0 Å². The van der Waals surface area contributed by atoms with Crippen LogP contribution in [0.15, 0.2) is 71.1 Å². The lowest BCUT2D eigenvalue weighted by molar-refractivity contribution is 0.171. The van der Waals surface area contributed by atoms with Gasteiger partial charge in [-0.2, -0.15) is 0 Å². The first-order valence-corrected chi connectivity index (χ1v) is 10.0. The zero-order valence-corrected chi connectivity index (χ0v) is 17.0. The number of ether oxygens (including phenoxy) is 2. The van der Waals surface area contributed by atoms with Crippen LogP contribution in [0.4, 0.5) is 10.1 Å². The van der Waals surface area contributed by atoms with E-state index in [1.54, 1.807) is 6.07 Å². The van der Waals surface area contributed by atoms with Gasteiger partial charge >= 0.3 is 0 Å². The summed E-state index contributed by atoms with van der Waals surface area (Å²) in [5, 5.41) is 12.0. The monoisotopic (exact) mass is 437 g/mol. The van der Waals surface area contributed by atoms with E-state index in [9.17, 15) is 4.39 Å². The third-order valence-electron chi connectivity index (χ3n) is 4.84. The van der Waals surface area contributed by atoms with Crippen LogP contribution < -0.4 is 14.8 Å². The topological polar surface area (TPSA) is 69.4 Å². The minimum Gasteiger partial charge on any atom is -0.486 e. The van der Waals surface area contributed by atoms with Gasteiger partial charge in [-0.25, -0.2) is 4.39 Å². The molecule has 2 heterocycles. The molecular formula is C23H17ClFN3O3. The van der Waals surface area contributed by atoms with Gasteiger partial charge in [-0.15, -0.1) is 10.2 Å². The first kappa shape index (κ1) is 19.4. The highest BCUT2D eigenvalue weighted by atomic mass is 35.5. The average molecular weight is 438 g/mol. The number of hydrogen-bond donors (Lipinski definition) is 1. The van der Waals surface area contributed by atoms with Crippen molar-refractivity contribution in [3.05, 3.63) is 89.0 Å². The summed E-state index contributed by atoms with van der Waals surface area (Å²) in [7, 11) is 0. The van der Waals surface area contributed by atoms with Crippen LogP contribution in [0, 0.1) is 5.82 Å². The lowest BCUT2D eigenvalue weighted by Crippen LogP contribution is -2.17. The summed E-state index contributed by atoms with van der Waals surface area (Å²) in [6.45, 7) is 0.992. The van der Waals surface area contributed by atoms with Crippen molar-refractivity contribution < 1.29 is 18.3 Å². The molecule has 0 saturated carbocycles. The molecule has 0 saturated heterocycles. The van der Waals surface area contributed by atoms with Gasteiger partial charge in [0.05, 0.1) is 0 Å². The van der Waals surface area contributed by atoms with E-state index in [4.69, 9.17) is 25.5 Å². The van der Waals surface area contributed by atoms with E-state index in [2.05, 4.69) is 15.5 Å². The van der Waals surface area contributed by atoms with Crippen molar-refractivity contribution in [2.75, 3.05) is 18.5 Å². The second-order valence-corrected chi connectivity index (χ2v) is 7.32. The van der Waals surface area contributed by atoms with Gasteiger partial charge in [0.1, 0.15) is 25.1 Å². The first-order chi connectivity index (χ1) is 15.2. The third-order valence-corrected chi connectivity index (χ3v) is 5.16. The van der Waals surface area contributed by atoms with Gasteiger partial charge in [0.2, 0.25) is 11.8 Å². The zero-order valence-electron chi connectivity index (χ0n) is 16.2. The predicted molar refractivity (Wildman–Crippen MR) is 114 cm³/mol. The number of nitrogens with zero attached hydrogens (tertiary/aromatic N) is 2. The summed E-state index contributed by atoms with van der Waals surface area (Å²) in [5.41, 5.74) is 2.12. The second-order valence-electron chi connectivity index (χ2n) is 6.91. The van der Waals surface area contributed by atoms with Gasteiger partial charge in [-0.3, -0.25) is 0 Å². The summed E-state index contributed by atoms with van der Waals surface area (Å²) in [4.78, 5) is 0. The second kappa shape index (κ2) is 8.28. The molecule has 0 bridgehead atoms. The molecule has 0 spiro atoms. The van der Waals surface area contributed by atoms with E-state index < -0.39 is 11.9 Å². The minimum absolute atomic E-state index is 0.245. The average Bonchev–Trinajstić information content (AvgIpc) is 3.28. The van der Waals surface area contributed by atoms with Crippen molar-refractivity contribution in [3.63, 3.8) is 0 Å². The van der Waals surface area contributed by atoms with E-state index in [0.717, 1.165) is 11.3 Å². The van der Waals surface area contributed by atoms with Crippen LogP contribution in [-0.4, -0.2) is 23.4 Å². The highest BCUT2D eigenvalue weighted by Crippen LogP contribution is 2.37. The van der Waals surface area contributed by atoms with E-state index in [0.29, 0.717) is 42.1 Å². The number of halogens is 2. The van der Waals surface area contributed by atoms with Crippen molar-refractivity contribution in [2.45, 2.75) is 6.04 Å². The number of rotatable bonds is 5. The Balaban J connectivity index is 1.53. The Bertz CT molecular complexity index is 1220. The highest BCUT2D eigenvalue weighted by Gasteiger charge is 2.25. The van der Waals surface area contributed by atoms with Crippen molar-refractivity contribution in [3.8, 4) is 23.0 Å². The van der Waals surface area contributed by atoms with Gasteiger partial charge in [-0.05, 0) is 36.4 Å². The summed E-state index contributed by atoms with van der Waals surface area (Å²) in [6.07, 6.45) is 0. The Morgan fingerprint density at radius 3 is 2.52 bits per heavy atom. The number of hydrogen-bond acceptors (Lipinski definition) is 6. The minimum atomic E-state index is -0.611. The van der Waals surface area contributed by atoms with E-state index in [1.165, 1.54) is 12.1 Å². The molecule has 1 aromatic heterocycles. The Kier molecular flexibility index (Phi) is 5.18. The van der Waals surface area contributed by atoms with Crippen molar-refractivity contribution in [1.29, 1.82) is 0 Å². The number of anilines is 1. The van der Waals surface area contributed by atoms with Crippen LogP contribution in [0.1, 0.15) is 17.5 Å². The molecule has 0 fully saturated rings. The molecule has 4 aromatic rings. The molecule has 0 radical (unpaired) electrons. The van der Waals surface area contributed by atoms with Crippen LogP contribution in [0.3, 0.4) is 0 Å². The molecular weight excluding hydrogens is 421 g/mol. The normalized spacial score (nSPS) is 13.6. The van der Waals surface area contributed by atoms with Crippen LogP contribution in [0.2, 0.25) is 5.02 Å². The molecule has 5 rings (SSSR count). The Labute approximate surface area is 182 Å². The zero-order chi connectivity index (χ0) is 21.2. The third kappa shape index (κ3) is 4.04. The molecule has 0 aliphatic carbocycles. The summed E-state index contributed by atoms with van der Waals surface area (Å²) < 4.78 is 30.9. The van der Waals surface area contributed by atoms with Crippen LogP contribution >= 0.6 is 11.6 Å².